The van der Waals surface area contributed by atoms with E-state index in [2.05, 4.69) is 15.2 Å². The zero-order valence-electron chi connectivity index (χ0n) is 12.1. The Morgan fingerprint density at radius 2 is 1.90 bits per heavy atom. The lowest BCUT2D eigenvalue weighted by Gasteiger charge is -2.25. The number of anilines is 1. The quantitative estimate of drug-likeness (QED) is 0.566. The van der Waals surface area contributed by atoms with Crippen LogP contribution >= 0.6 is 0 Å². The van der Waals surface area contributed by atoms with E-state index in [1.165, 1.54) is 31.4 Å². The van der Waals surface area contributed by atoms with Gasteiger partial charge in [0, 0.05) is 12.2 Å². The van der Waals surface area contributed by atoms with Gasteiger partial charge in [-0.1, -0.05) is 6.42 Å². The van der Waals surface area contributed by atoms with Crippen molar-refractivity contribution in [3.8, 4) is 0 Å². The second kappa shape index (κ2) is 7.64. The molecule has 0 unspecified atom stereocenters. The molecule has 0 amide bonds. The molecule has 1 aromatic carbocycles. The van der Waals surface area contributed by atoms with Gasteiger partial charge in [0.1, 0.15) is 0 Å². The number of guanidine groups is 1. The number of benzene rings is 1. The van der Waals surface area contributed by atoms with Crippen molar-refractivity contribution in [2.24, 2.45) is 10.7 Å². The maximum Gasteiger partial charge on any atom is 0.335 e. The summed E-state index contributed by atoms with van der Waals surface area (Å²) < 4.78 is 0. The summed E-state index contributed by atoms with van der Waals surface area (Å²) in [5.41, 5.74) is 6.81. The molecule has 21 heavy (non-hydrogen) atoms. The number of rotatable bonds is 5. The highest BCUT2D eigenvalue weighted by Crippen LogP contribution is 2.09. The lowest BCUT2D eigenvalue weighted by Crippen LogP contribution is -2.32. The number of carbonyl (C=O) groups is 1. The molecule has 114 valence electrons. The van der Waals surface area contributed by atoms with E-state index >= 15 is 0 Å². The van der Waals surface area contributed by atoms with Crippen LogP contribution in [-0.4, -0.2) is 48.1 Å². The molecular formula is C15H22N4O2. The van der Waals surface area contributed by atoms with E-state index in [0.717, 1.165) is 25.3 Å². The molecule has 1 aliphatic rings. The first-order valence-electron chi connectivity index (χ1n) is 7.28. The van der Waals surface area contributed by atoms with Crippen LogP contribution in [0.5, 0.6) is 0 Å². The maximum absolute atomic E-state index is 10.8. The Hall–Kier alpha value is -2.08. The van der Waals surface area contributed by atoms with Crippen LogP contribution in [0, 0.1) is 0 Å². The van der Waals surface area contributed by atoms with Crippen molar-refractivity contribution in [2.75, 3.05) is 31.5 Å². The summed E-state index contributed by atoms with van der Waals surface area (Å²) >= 11 is 0. The van der Waals surface area contributed by atoms with E-state index in [4.69, 9.17) is 10.8 Å². The molecule has 0 aliphatic carbocycles. The minimum absolute atomic E-state index is 0.251. The second-order valence-electron chi connectivity index (χ2n) is 5.18. The summed E-state index contributed by atoms with van der Waals surface area (Å²) in [4.78, 5) is 17.5. The van der Waals surface area contributed by atoms with Crippen LogP contribution in [0.25, 0.3) is 0 Å². The van der Waals surface area contributed by atoms with Crippen molar-refractivity contribution < 1.29 is 9.90 Å². The Labute approximate surface area is 124 Å². The van der Waals surface area contributed by atoms with Crippen LogP contribution < -0.4 is 11.1 Å². The number of carboxylic acid groups (broad SMARTS) is 1. The average Bonchev–Trinajstić information content (AvgIpc) is 2.49. The predicted molar refractivity (Wildman–Crippen MR) is 83.8 cm³/mol. The van der Waals surface area contributed by atoms with Crippen LogP contribution in [0.3, 0.4) is 0 Å². The van der Waals surface area contributed by atoms with Gasteiger partial charge in [-0.15, -0.1) is 0 Å². The Morgan fingerprint density at radius 3 is 2.52 bits per heavy atom. The molecule has 0 radical (unpaired) electrons. The Kier molecular flexibility index (Phi) is 5.57. The SMILES string of the molecule is NC(=NCCN1CCCCC1)Nc1ccc(C(=O)O)cc1. The molecule has 0 spiro atoms. The lowest BCUT2D eigenvalue weighted by atomic mass is 10.1. The number of nitrogens with two attached hydrogens (primary N) is 1. The second-order valence-corrected chi connectivity index (χ2v) is 5.18. The van der Waals surface area contributed by atoms with Gasteiger partial charge in [0.15, 0.2) is 5.96 Å². The molecular weight excluding hydrogens is 268 g/mol. The first-order chi connectivity index (χ1) is 10.1. The van der Waals surface area contributed by atoms with Crippen molar-refractivity contribution in [1.82, 2.24) is 4.90 Å². The van der Waals surface area contributed by atoms with Crippen molar-refractivity contribution in [3.63, 3.8) is 0 Å². The van der Waals surface area contributed by atoms with Crippen LogP contribution in [0.15, 0.2) is 29.3 Å². The van der Waals surface area contributed by atoms with Crippen molar-refractivity contribution in [1.29, 1.82) is 0 Å². The van der Waals surface area contributed by atoms with Crippen LogP contribution in [0.4, 0.5) is 5.69 Å². The minimum Gasteiger partial charge on any atom is -0.478 e. The molecule has 1 heterocycles. The smallest absolute Gasteiger partial charge is 0.335 e. The fourth-order valence-corrected chi connectivity index (χ4v) is 2.38. The van der Waals surface area contributed by atoms with E-state index in [1.54, 1.807) is 12.1 Å². The topological polar surface area (TPSA) is 91.0 Å². The Bertz CT molecular complexity index is 493. The number of hydrogen-bond donors (Lipinski definition) is 3. The Balaban J connectivity index is 1.78. The fraction of sp³-hybridized carbons (Fsp3) is 0.467. The monoisotopic (exact) mass is 290 g/mol. The number of piperidine rings is 1. The van der Waals surface area contributed by atoms with E-state index < -0.39 is 5.97 Å². The number of hydrogen-bond acceptors (Lipinski definition) is 3. The normalized spacial score (nSPS) is 16.7. The molecule has 0 bridgehead atoms. The van der Waals surface area contributed by atoms with Gasteiger partial charge in [0.2, 0.25) is 0 Å². The number of nitrogens with zero attached hydrogens (tertiary/aromatic N) is 2. The molecule has 0 aromatic heterocycles. The predicted octanol–water partition coefficient (Wildman–Crippen LogP) is 1.60. The molecule has 1 aromatic rings. The highest BCUT2D eigenvalue weighted by molar-refractivity contribution is 5.93. The largest absolute Gasteiger partial charge is 0.478 e. The van der Waals surface area contributed by atoms with E-state index in [-0.39, 0.29) is 5.56 Å². The van der Waals surface area contributed by atoms with Crippen LogP contribution in [0.1, 0.15) is 29.6 Å². The number of nitrogens with one attached hydrogen (secondary N) is 1. The van der Waals surface area contributed by atoms with Gasteiger partial charge in [0.25, 0.3) is 0 Å². The highest BCUT2D eigenvalue weighted by Gasteiger charge is 2.08. The molecule has 1 fully saturated rings. The van der Waals surface area contributed by atoms with Gasteiger partial charge in [-0.3, -0.25) is 4.99 Å². The first-order valence-corrected chi connectivity index (χ1v) is 7.28. The van der Waals surface area contributed by atoms with Crippen LogP contribution in [0.2, 0.25) is 0 Å². The number of aliphatic imine (C=N–C) groups is 1. The lowest BCUT2D eigenvalue weighted by molar-refractivity contribution is 0.0697. The van der Waals surface area contributed by atoms with Crippen molar-refractivity contribution >= 4 is 17.6 Å². The summed E-state index contributed by atoms with van der Waals surface area (Å²) in [5, 5.41) is 11.8. The maximum atomic E-state index is 10.8. The van der Waals surface area contributed by atoms with Gasteiger partial charge in [-0.25, -0.2) is 4.79 Å². The molecule has 0 saturated carbocycles. The van der Waals surface area contributed by atoms with E-state index in [9.17, 15) is 4.79 Å². The molecule has 4 N–H and O–H groups in total. The zero-order chi connectivity index (χ0) is 15.1. The summed E-state index contributed by atoms with van der Waals surface area (Å²) in [6.45, 7) is 3.91. The molecule has 2 rings (SSSR count). The third kappa shape index (κ3) is 5.07. The highest BCUT2D eigenvalue weighted by atomic mass is 16.4. The number of likely N-dealkylation sites (tertiary alicyclic amines) is 1. The molecule has 6 heteroatoms. The number of aromatic carboxylic acids is 1. The minimum atomic E-state index is -0.940. The summed E-state index contributed by atoms with van der Waals surface area (Å²) in [7, 11) is 0. The standard InChI is InChI=1S/C15H22N4O2/c16-15(17-8-11-19-9-2-1-3-10-19)18-13-6-4-12(5-7-13)14(20)21/h4-7H,1-3,8-11H2,(H,20,21)(H3,16,17,18). The summed E-state index contributed by atoms with van der Waals surface area (Å²) in [5.74, 6) is -0.584. The van der Waals surface area contributed by atoms with Crippen molar-refractivity contribution in [3.05, 3.63) is 29.8 Å². The van der Waals surface area contributed by atoms with Gasteiger partial charge in [-0.2, -0.15) is 0 Å². The van der Waals surface area contributed by atoms with Gasteiger partial charge in [0.05, 0.1) is 12.1 Å². The summed E-state index contributed by atoms with van der Waals surface area (Å²) in [6.07, 6.45) is 3.87. The van der Waals surface area contributed by atoms with E-state index in [0.29, 0.717) is 12.5 Å². The van der Waals surface area contributed by atoms with E-state index in [1.807, 2.05) is 0 Å². The Morgan fingerprint density at radius 1 is 1.24 bits per heavy atom. The first kappa shape index (κ1) is 15.3. The van der Waals surface area contributed by atoms with Crippen LogP contribution in [-0.2, 0) is 0 Å². The summed E-state index contributed by atoms with van der Waals surface area (Å²) in [6, 6.07) is 6.42. The van der Waals surface area contributed by atoms with Gasteiger partial charge < -0.3 is 21.1 Å². The molecule has 1 saturated heterocycles. The average molecular weight is 290 g/mol. The number of carboxylic acids is 1. The van der Waals surface area contributed by atoms with Gasteiger partial charge >= 0.3 is 5.97 Å². The molecule has 0 atom stereocenters. The molecule has 6 nitrogen and oxygen atoms in total. The zero-order valence-corrected chi connectivity index (χ0v) is 12.1. The molecule has 1 aliphatic heterocycles. The fourth-order valence-electron chi connectivity index (χ4n) is 2.38. The van der Waals surface area contributed by atoms with Gasteiger partial charge in [-0.05, 0) is 50.2 Å². The third-order valence-corrected chi connectivity index (χ3v) is 3.55. The third-order valence-electron chi connectivity index (χ3n) is 3.55. The van der Waals surface area contributed by atoms with Crippen molar-refractivity contribution in [2.45, 2.75) is 19.3 Å².